The third-order valence-electron chi connectivity index (χ3n) is 8.89. The largest absolute Gasteiger partial charge is 0.420 e. The number of hydrogen-bond acceptors (Lipinski definition) is 15. The molecule has 0 spiro atoms. The molecule has 0 unspecified atom stereocenters. The lowest BCUT2D eigenvalue weighted by atomic mass is 9.98. The zero-order chi connectivity index (χ0) is 45.9. The van der Waals surface area contributed by atoms with Crippen LogP contribution in [0.2, 0.25) is 0 Å². The zero-order valence-electron chi connectivity index (χ0n) is 33.6. The van der Waals surface area contributed by atoms with E-state index < -0.39 is 96.9 Å². The van der Waals surface area contributed by atoms with Gasteiger partial charge in [0.15, 0.2) is 0 Å². The molecule has 1 aliphatic heterocycles. The molecule has 1 aliphatic rings. The molecule has 352 valence electrons. The number of nitrogens with zero attached hydrogens (tertiary/aromatic N) is 3. The van der Waals surface area contributed by atoms with Crippen molar-refractivity contribution < 1.29 is 89.6 Å². The van der Waals surface area contributed by atoms with E-state index in [0.717, 1.165) is 23.9 Å². The van der Waals surface area contributed by atoms with Gasteiger partial charge >= 0.3 is 19.6 Å². The molecule has 0 bridgehead atoms. The summed E-state index contributed by atoms with van der Waals surface area (Å²) in [6, 6.07) is 6.17. The lowest BCUT2D eigenvalue weighted by molar-refractivity contribution is -0.197. The summed E-state index contributed by atoms with van der Waals surface area (Å²) in [5, 5.41) is 44.6. The highest BCUT2D eigenvalue weighted by Crippen LogP contribution is 2.39. The second-order valence-corrected chi connectivity index (χ2v) is 16.7. The van der Waals surface area contributed by atoms with E-state index in [1.807, 2.05) is 6.20 Å². The van der Waals surface area contributed by atoms with Gasteiger partial charge in [-0.3, -0.25) is 9.36 Å². The molecular weight excluding hydrogens is 896 g/mol. The van der Waals surface area contributed by atoms with Crippen molar-refractivity contribution in [3.8, 4) is 5.75 Å². The average Bonchev–Trinajstić information content (AvgIpc) is 3.71. The number of aliphatic hydroxyl groups is 3. The van der Waals surface area contributed by atoms with Crippen LogP contribution in [0.5, 0.6) is 5.75 Å². The number of aromatic nitrogens is 3. The predicted molar refractivity (Wildman–Crippen MR) is 210 cm³/mol. The third-order valence-corrected chi connectivity index (χ3v) is 10.9. The van der Waals surface area contributed by atoms with Gasteiger partial charge in [0.2, 0.25) is 34.8 Å². The molecule has 4 rings (SSSR count). The van der Waals surface area contributed by atoms with Gasteiger partial charge in [-0.25, -0.2) is 22.6 Å². The first-order valence-electron chi connectivity index (χ1n) is 19.5. The molecule has 3 aromatic rings. The Labute approximate surface area is 361 Å². The number of ether oxygens (including phenoxy) is 6. The van der Waals surface area contributed by atoms with E-state index in [0.29, 0.717) is 56.3 Å². The predicted octanol–water partition coefficient (Wildman–Crippen LogP) is 2.65. The summed E-state index contributed by atoms with van der Waals surface area (Å²) in [6.07, 6.45) is -3.03. The highest BCUT2D eigenvalue weighted by atomic mass is 32.2. The summed E-state index contributed by atoms with van der Waals surface area (Å²) in [4.78, 5) is 43.0. The Bertz CT molecular complexity index is 1930. The first kappa shape index (κ1) is 51.8. The Morgan fingerprint density at radius 2 is 1.38 bits per heavy atom. The Kier molecular flexibility index (Phi) is 21.5. The standard InChI is InChI=1S/C37H49F5N5O14PS/c38-27-28(39)30(41)35(31(42)29(27)40)61-26(48)8-12-56-14-16-58-18-19-59-17-15-57-13-11-47-21-23(45-46-47)3-1-2-10-43-37(52)44-22-4-6-24(7-5-22)63-36-34(51)33(50)32(49)25(60-36)9-20-62(53,54)55/h4-7,21,25,32-34,36,49-51H,1-3,8-20H2,(H2,43,44,52)(H2,53,54,55)/t25-,32-,33+,34+,36+/m1/s1. The SMILES string of the molecule is O=C(NCCCCc1cn(CCOCCOCCOCCOCCC(=O)Oc2c(F)c(F)c(F)c(F)c2F)nn1)Nc1ccc(S[C@@H]2O[C@H](CCP(=O)(O)O)[C@@H](O)[C@H](O)[C@@H]2O)cc1. The van der Waals surface area contributed by atoms with E-state index in [1.54, 1.807) is 28.9 Å². The van der Waals surface area contributed by atoms with E-state index in [1.165, 1.54) is 0 Å². The van der Waals surface area contributed by atoms with Crippen LogP contribution in [-0.2, 0) is 46.0 Å². The monoisotopic (exact) mass is 945 g/mol. The third kappa shape index (κ3) is 17.6. The van der Waals surface area contributed by atoms with Gasteiger partial charge in [0.05, 0.1) is 83.8 Å². The molecule has 0 radical (unpaired) electrons. The van der Waals surface area contributed by atoms with E-state index >= 15 is 0 Å². The van der Waals surface area contributed by atoms with Crippen LogP contribution in [0.1, 0.15) is 31.4 Å². The van der Waals surface area contributed by atoms with Crippen molar-refractivity contribution in [2.45, 2.75) is 73.4 Å². The molecule has 63 heavy (non-hydrogen) atoms. The van der Waals surface area contributed by atoms with Crippen LogP contribution in [0, 0.1) is 29.1 Å². The second kappa shape index (κ2) is 26.2. The summed E-state index contributed by atoms with van der Waals surface area (Å²) >= 11 is 1.05. The normalized spacial score (nSPS) is 19.0. The average molecular weight is 946 g/mol. The fraction of sp³-hybridized carbons (Fsp3) is 0.568. The van der Waals surface area contributed by atoms with Crippen LogP contribution >= 0.6 is 19.4 Å². The first-order chi connectivity index (χ1) is 30.0. The Balaban J connectivity index is 0.955. The molecule has 26 heteroatoms. The fourth-order valence-corrected chi connectivity index (χ4v) is 7.24. The summed E-state index contributed by atoms with van der Waals surface area (Å²) in [7, 11) is -4.36. The fourth-order valence-electron chi connectivity index (χ4n) is 5.58. The number of benzene rings is 2. The topological polar surface area (TPSA) is 263 Å². The van der Waals surface area contributed by atoms with Crippen LogP contribution in [0.3, 0.4) is 0 Å². The number of halogens is 5. The lowest BCUT2D eigenvalue weighted by Gasteiger charge is -2.40. The molecule has 5 atom stereocenters. The van der Waals surface area contributed by atoms with Gasteiger partial charge in [-0.1, -0.05) is 17.0 Å². The number of hydrogen-bond donors (Lipinski definition) is 7. The van der Waals surface area contributed by atoms with Crippen LogP contribution in [-0.4, -0.2) is 148 Å². The number of esters is 1. The summed E-state index contributed by atoms with van der Waals surface area (Å²) in [5.74, 6) is -14.3. The highest BCUT2D eigenvalue weighted by molar-refractivity contribution is 7.99. The van der Waals surface area contributed by atoms with Crippen LogP contribution < -0.4 is 15.4 Å². The Hall–Kier alpha value is -3.85. The second-order valence-electron chi connectivity index (χ2n) is 13.7. The molecule has 2 amide bonds. The summed E-state index contributed by atoms with van der Waals surface area (Å²) in [5.41, 5.74) is 0.261. The molecule has 0 saturated carbocycles. The van der Waals surface area contributed by atoms with E-state index in [9.17, 15) is 51.4 Å². The van der Waals surface area contributed by atoms with Crippen molar-refractivity contribution in [1.82, 2.24) is 20.3 Å². The number of unbranched alkanes of at least 4 members (excludes halogenated alkanes) is 1. The van der Waals surface area contributed by atoms with Gasteiger partial charge in [0.25, 0.3) is 0 Å². The van der Waals surface area contributed by atoms with Gasteiger partial charge in [0, 0.05) is 23.3 Å². The van der Waals surface area contributed by atoms with Crippen molar-refractivity contribution >= 4 is 37.0 Å². The van der Waals surface area contributed by atoms with E-state index in [2.05, 4.69) is 25.7 Å². The van der Waals surface area contributed by atoms with Crippen molar-refractivity contribution in [2.75, 3.05) is 70.9 Å². The number of anilines is 1. The Morgan fingerprint density at radius 3 is 2.00 bits per heavy atom. The summed E-state index contributed by atoms with van der Waals surface area (Å²) in [6.45, 7) is 2.30. The van der Waals surface area contributed by atoms with Gasteiger partial charge < -0.3 is 64.2 Å². The maximum Gasteiger partial charge on any atom is 0.325 e. The molecular formula is C37H49F5N5O14PS. The van der Waals surface area contributed by atoms with Crippen molar-refractivity contribution in [1.29, 1.82) is 0 Å². The Morgan fingerprint density at radius 1 is 0.794 bits per heavy atom. The number of aryl methyl sites for hydroxylation is 1. The molecule has 1 aromatic heterocycles. The number of rotatable bonds is 27. The van der Waals surface area contributed by atoms with Crippen LogP contribution in [0.4, 0.5) is 32.4 Å². The maximum absolute atomic E-state index is 13.6. The minimum absolute atomic E-state index is 0.0483. The van der Waals surface area contributed by atoms with E-state index in [4.69, 9.17) is 33.5 Å². The smallest absolute Gasteiger partial charge is 0.325 e. The van der Waals surface area contributed by atoms with Crippen LogP contribution in [0.25, 0.3) is 0 Å². The lowest BCUT2D eigenvalue weighted by Crippen LogP contribution is -2.56. The number of amides is 2. The van der Waals surface area contributed by atoms with Crippen LogP contribution in [0.15, 0.2) is 35.4 Å². The van der Waals surface area contributed by atoms with Crippen molar-refractivity contribution in [2.24, 2.45) is 0 Å². The summed E-state index contributed by atoms with van der Waals surface area (Å²) < 4.78 is 111. The minimum atomic E-state index is -4.36. The molecule has 0 aliphatic carbocycles. The number of carbonyl (C=O) groups is 2. The van der Waals surface area contributed by atoms with Gasteiger partial charge in [-0.05, 0) is 49.9 Å². The molecule has 19 nitrogen and oxygen atoms in total. The van der Waals surface area contributed by atoms with Gasteiger partial charge in [-0.15, -0.1) is 5.10 Å². The zero-order valence-corrected chi connectivity index (χ0v) is 35.3. The van der Waals surface area contributed by atoms with Gasteiger partial charge in [-0.2, -0.15) is 8.78 Å². The maximum atomic E-state index is 13.6. The molecule has 2 aromatic carbocycles. The molecule has 2 heterocycles. The number of nitrogens with one attached hydrogen (secondary N) is 2. The van der Waals surface area contributed by atoms with E-state index in [-0.39, 0.29) is 39.5 Å². The first-order valence-corrected chi connectivity index (χ1v) is 22.2. The van der Waals surface area contributed by atoms with Crippen molar-refractivity contribution in [3.63, 3.8) is 0 Å². The minimum Gasteiger partial charge on any atom is -0.420 e. The quantitative estimate of drug-likeness (QED) is 0.0110. The number of thioether (sulfide) groups is 1. The highest BCUT2D eigenvalue weighted by Gasteiger charge is 2.44. The molecule has 7 N–H and O–H groups in total. The number of carbonyl (C=O) groups excluding carboxylic acids is 2. The number of aliphatic hydroxyl groups excluding tert-OH is 3. The van der Waals surface area contributed by atoms with Crippen molar-refractivity contribution in [3.05, 3.63) is 65.2 Å². The van der Waals surface area contributed by atoms with Gasteiger partial charge in [0.1, 0.15) is 23.7 Å². The molecule has 1 saturated heterocycles. The number of urea groups is 1. The molecule has 1 fully saturated rings.